The van der Waals surface area contributed by atoms with Crippen molar-refractivity contribution in [3.63, 3.8) is 0 Å². The largest absolute Gasteiger partial charge is 0.336 e. The Morgan fingerprint density at radius 3 is 2.60 bits per heavy atom. The van der Waals surface area contributed by atoms with Crippen LogP contribution in [0.25, 0.3) is 0 Å². The Labute approximate surface area is 147 Å². The fourth-order valence-corrected chi connectivity index (χ4v) is 3.63. The topological polar surface area (TPSA) is 38.1 Å². The van der Waals surface area contributed by atoms with Gasteiger partial charge in [-0.2, -0.15) is 5.10 Å². The molecule has 1 aliphatic rings. The molecule has 0 aliphatic carbocycles. The molecule has 0 saturated carbocycles. The molecular formula is C21H21N3O. The highest BCUT2D eigenvalue weighted by Gasteiger charge is 2.31. The van der Waals surface area contributed by atoms with E-state index in [1.165, 1.54) is 16.7 Å². The molecule has 1 aliphatic heterocycles. The highest BCUT2D eigenvalue weighted by Crippen LogP contribution is 2.34. The summed E-state index contributed by atoms with van der Waals surface area (Å²) in [4.78, 5) is 15.0. The number of aromatic nitrogens is 2. The van der Waals surface area contributed by atoms with Crippen LogP contribution in [-0.4, -0.2) is 27.1 Å². The molecule has 4 rings (SSSR count). The van der Waals surface area contributed by atoms with Gasteiger partial charge in [0.15, 0.2) is 0 Å². The molecular weight excluding hydrogens is 310 g/mol. The van der Waals surface area contributed by atoms with Crippen molar-refractivity contribution in [2.45, 2.75) is 25.4 Å². The summed E-state index contributed by atoms with van der Waals surface area (Å²) in [5.41, 5.74) is 3.80. The third-order valence-corrected chi connectivity index (χ3v) is 4.99. The molecule has 2 aromatic carbocycles. The van der Waals surface area contributed by atoms with Gasteiger partial charge in [0.05, 0.1) is 0 Å². The molecule has 4 nitrogen and oxygen atoms in total. The Kier molecular flexibility index (Phi) is 4.10. The van der Waals surface area contributed by atoms with Crippen LogP contribution in [0.4, 0.5) is 0 Å². The van der Waals surface area contributed by atoms with E-state index in [0.717, 1.165) is 0 Å². The molecule has 0 unspecified atom stereocenters. The first kappa shape index (κ1) is 15.6. The zero-order chi connectivity index (χ0) is 17.2. The molecule has 25 heavy (non-hydrogen) atoms. The van der Waals surface area contributed by atoms with Gasteiger partial charge < -0.3 is 4.90 Å². The van der Waals surface area contributed by atoms with Crippen molar-refractivity contribution in [1.82, 2.24) is 14.7 Å². The zero-order valence-electron chi connectivity index (χ0n) is 14.2. The van der Waals surface area contributed by atoms with Crippen molar-refractivity contribution in [3.05, 3.63) is 89.7 Å². The van der Waals surface area contributed by atoms with Crippen LogP contribution >= 0.6 is 0 Å². The van der Waals surface area contributed by atoms with Gasteiger partial charge in [-0.25, -0.2) is 0 Å². The Bertz CT molecular complexity index is 858. The predicted molar refractivity (Wildman–Crippen MR) is 97.1 cm³/mol. The molecule has 0 bridgehead atoms. The summed E-state index contributed by atoms with van der Waals surface area (Å²) in [5, 5.41) is 4.22. The SMILES string of the molecule is C[C@@H](C(=O)N1Cc2ccccc2[C@@H](c2ccccc2)C1)n1cccn1. The van der Waals surface area contributed by atoms with E-state index in [9.17, 15) is 4.79 Å². The average molecular weight is 331 g/mol. The minimum absolute atomic E-state index is 0.110. The molecule has 3 aromatic rings. The first-order valence-electron chi connectivity index (χ1n) is 8.64. The van der Waals surface area contributed by atoms with Crippen LogP contribution in [0.2, 0.25) is 0 Å². The van der Waals surface area contributed by atoms with Crippen molar-refractivity contribution in [2.24, 2.45) is 0 Å². The molecule has 1 aromatic heterocycles. The molecule has 0 N–H and O–H groups in total. The van der Waals surface area contributed by atoms with E-state index in [4.69, 9.17) is 0 Å². The normalized spacial score (nSPS) is 17.8. The van der Waals surface area contributed by atoms with Crippen molar-refractivity contribution >= 4 is 5.91 Å². The number of fused-ring (bicyclic) bond motifs is 1. The van der Waals surface area contributed by atoms with Crippen LogP contribution in [0.15, 0.2) is 73.1 Å². The minimum Gasteiger partial charge on any atom is -0.336 e. The smallest absolute Gasteiger partial charge is 0.247 e. The Balaban J connectivity index is 1.67. The van der Waals surface area contributed by atoms with Crippen LogP contribution in [0.3, 0.4) is 0 Å². The standard InChI is InChI=1S/C21H21N3O/c1-16(24-13-7-12-22-24)21(25)23-14-18-10-5-6-11-19(18)20(15-23)17-8-3-2-4-9-17/h2-13,16,20H,14-15H2,1H3/t16-,20+/m0/s1. The summed E-state index contributed by atoms with van der Waals surface area (Å²) >= 11 is 0. The van der Waals surface area contributed by atoms with Gasteiger partial charge in [0.1, 0.15) is 6.04 Å². The van der Waals surface area contributed by atoms with Gasteiger partial charge in [-0.05, 0) is 29.7 Å². The second kappa shape index (κ2) is 6.55. The second-order valence-electron chi connectivity index (χ2n) is 6.54. The quantitative estimate of drug-likeness (QED) is 0.735. The monoisotopic (exact) mass is 331 g/mol. The van der Waals surface area contributed by atoms with Gasteiger partial charge in [0.2, 0.25) is 5.91 Å². The van der Waals surface area contributed by atoms with Crippen molar-refractivity contribution in [1.29, 1.82) is 0 Å². The number of amides is 1. The summed E-state index contributed by atoms with van der Waals surface area (Å²) in [6.45, 7) is 3.27. The first-order chi connectivity index (χ1) is 12.2. The average Bonchev–Trinajstić information content (AvgIpc) is 3.21. The van der Waals surface area contributed by atoms with Crippen molar-refractivity contribution < 1.29 is 4.79 Å². The van der Waals surface area contributed by atoms with Gasteiger partial charge in [-0.1, -0.05) is 54.6 Å². The van der Waals surface area contributed by atoms with E-state index in [1.807, 2.05) is 36.2 Å². The molecule has 1 amide bonds. The van der Waals surface area contributed by atoms with E-state index in [2.05, 4.69) is 47.6 Å². The van der Waals surface area contributed by atoms with E-state index in [0.29, 0.717) is 13.1 Å². The summed E-state index contributed by atoms with van der Waals surface area (Å²) in [5.74, 6) is 0.319. The van der Waals surface area contributed by atoms with Crippen LogP contribution < -0.4 is 0 Å². The van der Waals surface area contributed by atoms with Gasteiger partial charge in [0.25, 0.3) is 0 Å². The molecule has 0 spiro atoms. The number of nitrogens with zero attached hydrogens (tertiary/aromatic N) is 3. The Morgan fingerprint density at radius 1 is 1.08 bits per heavy atom. The van der Waals surface area contributed by atoms with Crippen molar-refractivity contribution in [2.75, 3.05) is 6.54 Å². The van der Waals surface area contributed by atoms with Crippen LogP contribution in [0.1, 0.15) is 35.6 Å². The lowest BCUT2D eigenvalue weighted by Crippen LogP contribution is -2.41. The third-order valence-electron chi connectivity index (χ3n) is 4.99. The lowest BCUT2D eigenvalue weighted by Gasteiger charge is -2.36. The maximum absolute atomic E-state index is 13.0. The van der Waals surface area contributed by atoms with Gasteiger partial charge in [-0.15, -0.1) is 0 Å². The summed E-state index contributed by atoms with van der Waals surface area (Å²) in [6.07, 6.45) is 3.55. The molecule has 2 heterocycles. The number of hydrogen-bond donors (Lipinski definition) is 0. The number of hydrogen-bond acceptors (Lipinski definition) is 2. The lowest BCUT2D eigenvalue weighted by atomic mass is 9.84. The lowest BCUT2D eigenvalue weighted by molar-refractivity contribution is -0.135. The van der Waals surface area contributed by atoms with Crippen LogP contribution in [-0.2, 0) is 11.3 Å². The molecule has 0 fully saturated rings. The molecule has 0 saturated heterocycles. The van der Waals surface area contributed by atoms with E-state index in [1.54, 1.807) is 10.9 Å². The summed E-state index contributed by atoms with van der Waals surface area (Å²) < 4.78 is 1.72. The molecule has 4 heteroatoms. The van der Waals surface area contributed by atoms with E-state index < -0.39 is 0 Å². The van der Waals surface area contributed by atoms with Crippen LogP contribution in [0.5, 0.6) is 0 Å². The van der Waals surface area contributed by atoms with Crippen LogP contribution in [0, 0.1) is 0 Å². The Morgan fingerprint density at radius 2 is 1.84 bits per heavy atom. The predicted octanol–water partition coefficient (Wildman–Crippen LogP) is 3.62. The highest BCUT2D eigenvalue weighted by molar-refractivity contribution is 5.80. The number of carbonyl (C=O) groups is 1. The fourth-order valence-electron chi connectivity index (χ4n) is 3.63. The van der Waals surface area contributed by atoms with Gasteiger partial charge >= 0.3 is 0 Å². The van der Waals surface area contributed by atoms with E-state index in [-0.39, 0.29) is 17.9 Å². The minimum atomic E-state index is -0.295. The zero-order valence-corrected chi connectivity index (χ0v) is 14.2. The number of carbonyl (C=O) groups excluding carboxylic acids is 1. The summed E-state index contributed by atoms with van der Waals surface area (Å²) in [7, 11) is 0. The second-order valence-corrected chi connectivity index (χ2v) is 6.54. The maximum Gasteiger partial charge on any atom is 0.247 e. The molecule has 126 valence electrons. The van der Waals surface area contributed by atoms with Gasteiger partial charge in [-0.3, -0.25) is 9.48 Å². The highest BCUT2D eigenvalue weighted by atomic mass is 16.2. The first-order valence-corrected chi connectivity index (χ1v) is 8.64. The Hall–Kier alpha value is -2.88. The number of rotatable bonds is 3. The maximum atomic E-state index is 13.0. The number of benzene rings is 2. The fraction of sp³-hybridized carbons (Fsp3) is 0.238. The van der Waals surface area contributed by atoms with E-state index >= 15 is 0 Å². The van der Waals surface area contributed by atoms with Crippen molar-refractivity contribution in [3.8, 4) is 0 Å². The molecule has 2 atom stereocenters. The van der Waals surface area contributed by atoms with Gasteiger partial charge in [0, 0.05) is 31.4 Å². The third kappa shape index (κ3) is 2.95. The summed E-state index contributed by atoms with van der Waals surface area (Å²) in [6, 6.07) is 20.4. The molecule has 0 radical (unpaired) electrons.